The number of anilines is 2. The van der Waals surface area contributed by atoms with Crippen LogP contribution in [-0.2, 0) is 0 Å². The topological polar surface area (TPSA) is 38.7 Å². The van der Waals surface area contributed by atoms with Crippen molar-refractivity contribution in [3.63, 3.8) is 0 Å². The molecule has 26 heavy (non-hydrogen) atoms. The quantitative estimate of drug-likeness (QED) is 0.836. The molecule has 0 radical (unpaired) electrons. The summed E-state index contributed by atoms with van der Waals surface area (Å²) in [6, 6.07) is 8.58. The number of rotatable bonds is 3. The fourth-order valence-electron chi connectivity index (χ4n) is 3.64. The van der Waals surface area contributed by atoms with Gasteiger partial charge in [-0.2, -0.15) is 0 Å². The lowest BCUT2D eigenvalue weighted by Gasteiger charge is -2.34. The lowest BCUT2D eigenvalue weighted by Crippen LogP contribution is -2.44. The Morgan fingerprint density at radius 1 is 0.615 bits per heavy atom. The molecular weight excluding hydrogens is 324 g/mol. The predicted molar refractivity (Wildman–Crippen MR) is 107 cm³/mol. The van der Waals surface area contributed by atoms with Crippen LogP contribution in [0.3, 0.4) is 0 Å². The Kier molecular flexibility index (Phi) is 5.04. The lowest BCUT2D eigenvalue weighted by atomic mass is 10.2. The highest BCUT2D eigenvalue weighted by Crippen LogP contribution is 2.25. The summed E-state index contributed by atoms with van der Waals surface area (Å²) in [5, 5.41) is 0. The third-order valence-electron chi connectivity index (χ3n) is 5.49. The van der Waals surface area contributed by atoms with Gasteiger partial charge in [-0.1, -0.05) is 0 Å². The molecule has 0 unspecified atom stereocenters. The van der Waals surface area contributed by atoms with Gasteiger partial charge in [0.05, 0.1) is 11.4 Å². The Bertz CT molecular complexity index is 669. The van der Waals surface area contributed by atoms with Gasteiger partial charge in [0.25, 0.3) is 0 Å². The van der Waals surface area contributed by atoms with Crippen LogP contribution < -0.4 is 9.80 Å². The molecule has 2 aromatic heterocycles. The van der Waals surface area contributed by atoms with E-state index in [9.17, 15) is 0 Å². The van der Waals surface area contributed by atoms with E-state index in [4.69, 9.17) is 0 Å². The number of pyridine rings is 2. The molecule has 0 aliphatic carbocycles. The van der Waals surface area contributed by atoms with Gasteiger partial charge >= 0.3 is 0 Å². The van der Waals surface area contributed by atoms with Crippen LogP contribution in [0.25, 0.3) is 11.4 Å². The largest absolute Gasteiger partial charge is 0.369 e. The summed E-state index contributed by atoms with van der Waals surface area (Å²) in [6.07, 6.45) is 3.82. The van der Waals surface area contributed by atoms with Crippen LogP contribution in [0.15, 0.2) is 36.7 Å². The Balaban J connectivity index is 1.54. The van der Waals surface area contributed by atoms with Gasteiger partial charge in [0, 0.05) is 76.1 Å². The first-order chi connectivity index (χ1) is 12.7. The maximum absolute atomic E-state index is 4.59. The molecule has 2 aliphatic rings. The van der Waals surface area contributed by atoms with E-state index in [1.807, 2.05) is 12.4 Å². The van der Waals surface area contributed by atoms with Crippen molar-refractivity contribution in [1.82, 2.24) is 19.8 Å². The van der Waals surface area contributed by atoms with E-state index in [1.54, 1.807) is 0 Å². The van der Waals surface area contributed by atoms with Crippen LogP contribution >= 0.6 is 0 Å². The molecule has 0 atom stereocenters. The van der Waals surface area contributed by atoms with E-state index in [-0.39, 0.29) is 0 Å². The minimum absolute atomic E-state index is 0.956. The number of likely N-dealkylation sites (N-methyl/N-ethyl adjacent to an activating group) is 2. The van der Waals surface area contributed by atoms with Crippen LogP contribution in [0.5, 0.6) is 0 Å². The fraction of sp³-hybridized carbons (Fsp3) is 0.500. The number of nitrogens with zero attached hydrogens (tertiary/aromatic N) is 6. The summed E-state index contributed by atoms with van der Waals surface area (Å²) in [5.41, 5.74) is 4.40. The van der Waals surface area contributed by atoms with Crippen LogP contribution in [0.4, 0.5) is 11.4 Å². The lowest BCUT2D eigenvalue weighted by molar-refractivity contribution is 0.313. The molecule has 2 saturated heterocycles. The predicted octanol–water partition coefficient (Wildman–Crippen LogP) is 1.65. The number of hydrogen-bond acceptors (Lipinski definition) is 6. The van der Waals surface area contributed by atoms with Crippen molar-refractivity contribution in [1.29, 1.82) is 0 Å². The van der Waals surface area contributed by atoms with E-state index in [2.05, 4.69) is 67.9 Å². The molecule has 2 aliphatic heterocycles. The number of piperazine rings is 2. The minimum atomic E-state index is 0.956. The number of hydrogen-bond donors (Lipinski definition) is 0. The Labute approximate surface area is 156 Å². The first kappa shape index (κ1) is 17.2. The zero-order valence-corrected chi connectivity index (χ0v) is 15.8. The van der Waals surface area contributed by atoms with Crippen LogP contribution in [0.2, 0.25) is 0 Å². The maximum Gasteiger partial charge on any atom is 0.0907 e. The third-order valence-corrected chi connectivity index (χ3v) is 5.49. The third kappa shape index (κ3) is 3.81. The summed E-state index contributed by atoms with van der Waals surface area (Å²) in [5.74, 6) is 0. The standard InChI is InChI=1S/C20H28N6/c1-23-7-11-25(12-8-23)17-3-5-21-19(15-17)20-16-18(4-6-22-20)26-13-9-24(2)10-14-26/h3-6,15-16H,7-14H2,1-2H3. The van der Waals surface area contributed by atoms with Gasteiger partial charge < -0.3 is 19.6 Å². The minimum Gasteiger partial charge on any atom is -0.369 e. The summed E-state index contributed by atoms with van der Waals surface area (Å²) >= 11 is 0. The van der Waals surface area contributed by atoms with Gasteiger partial charge in [0.15, 0.2) is 0 Å². The highest BCUT2D eigenvalue weighted by Gasteiger charge is 2.17. The molecule has 138 valence electrons. The van der Waals surface area contributed by atoms with Crippen molar-refractivity contribution in [3.05, 3.63) is 36.7 Å². The maximum atomic E-state index is 4.59. The zero-order chi connectivity index (χ0) is 17.9. The number of aromatic nitrogens is 2. The highest BCUT2D eigenvalue weighted by atomic mass is 15.3. The summed E-state index contributed by atoms with van der Waals surface area (Å²) in [4.78, 5) is 18.8. The molecule has 6 nitrogen and oxygen atoms in total. The zero-order valence-electron chi connectivity index (χ0n) is 15.8. The van der Waals surface area contributed by atoms with Crippen LogP contribution in [0.1, 0.15) is 0 Å². The van der Waals surface area contributed by atoms with Gasteiger partial charge in [0.1, 0.15) is 0 Å². The van der Waals surface area contributed by atoms with Crippen molar-refractivity contribution in [2.24, 2.45) is 0 Å². The molecule has 0 saturated carbocycles. The second-order valence-corrected chi connectivity index (χ2v) is 7.38. The van der Waals surface area contributed by atoms with E-state index >= 15 is 0 Å². The molecule has 0 N–H and O–H groups in total. The monoisotopic (exact) mass is 352 g/mol. The molecule has 0 amide bonds. The molecule has 4 heterocycles. The molecule has 2 aromatic rings. The summed E-state index contributed by atoms with van der Waals surface area (Å²) < 4.78 is 0. The molecular formula is C20H28N6. The fourth-order valence-corrected chi connectivity index (χ4v) is 3.64. The highest BCUT2D eigenvalue weighted by molar-refractivity contribution is 5.65. The Morgan fingerprint density at radius 3 is 1.38 bits per heavy atom. The summed E-state index contributed by atoms with van der Waals surface area (Å²) in [6.45, 7) is 8.68. The van der Waals surface area contributed by atoms with Gasteiger partial charge in [0.2, 0.25) is 0 Å². The molecule has 6 heteroatoms. The van der Waals surface area contributed by atoms with Gasteiger partial charge in [-0.05, 0) is 38.4 Å². The summed E-state index contributed by atoms with van der Waals surface area (Å²) in [7, 11) is 4.37. The van der Waals surface area contributed by atoms with Crippen molar-refractivity contribution < 1.29 is 0 Å². The molecule has 2 fully saturated rings. The Hall–Kier alpha value is -2.18. The average Bonchev–Trinajstić information content (AvgIpc) is 2.69. The normalized spacial score (nSPS) is 19.8. The van der Waals surface area contributed by atoms with E-state index < -0.39 is 0 Å². The van der Waals surface area contributed by atoms with E-state index in [1.165, 1.54) is 11.4 Å². The smallest absolute Gasteiger partial charge is 0.0907 e. The molecule has 0 aromatic carbocycles. The van der Waals surface area contributed by atoms with Crippen LogP contribution in [-0.4, -0.2) is 86.2 Å². The van der Waals surface area contributed by atoms with E-state index in [0.29, 0.717) is 0 Å². The van der Waals surface area contributed by atoms with Gasteiger partial charge in [-0.3, -0.25) is 9.97 Å². The second-order valence-electron chi connectivity index (χ2n) is 7.38. The Morgan fingerprint density at radius 2 is 1.00 bits per heavy atom. The van der Waals surface area contributed by atoms with Crippen LogP contribution in [0, 0.1) is 0 Å². The van der Waals surface area contributed by atoms with Crippen molar-refractivity contribution >= 4 is 11.4 Å². The van der Waals surface area contributed by atoms with Crippen molar-refractivity contribution in [3.8, 4) is 11.4 Å². The van der Waals surface area contributed by atoms with Crippen molar-refractivity contribution in [2.75, 3.05) is 76.3 Å². The first-order valence-electron chi connectivity index (χ1n) is 9.48. The van der Waals surface area contributed by atoms with Gasteiger partial charge in [-0.15, -0.1) is 0 Å². The molecule has 0 bridgehead atoms. The molecule has 4 rings (SSSR count). The SMILES string of the molecule is CN1CCN(c2ccnc(-c3cc(N4CCN(C)CC4)ccn3)c2)CC1. The van der Waals surface area contributed by atoms with Crippen molar-refractivity contribution in [2.45, 2.75) is 0 Å². The van der Waals surface area contributed by atoms with E-state index in [0.717, 1.165) is 63.7 Å². The second kappa shape index (κ2) is 7.60. The molecule has 0 spiro atoms. The average molecular weight is 352 g/mol. The first-order valence-corrected chi connectivity index (χ1v) is 9.48. The van der Waals surface area contributed by atoms with Gasteiger partial charge in [-0.25, -0.2) is 0 Å².